The van der Waals surface area contributed by atoms with Crippen LogP contribution in [0.2, 0.25) is 0 Å². The standard InChI is InChI=1S/C13H15IN2O4/c1-15-11(17)10(13(19)20-3)16(2)12(18)8-4-6-9(14)7-5-8/h4-7,10H,1-3H3,(H,15,17). The molecule has 0 aromatic heterocycles. The number of nitrogens with zero attached hydrogens (tertiary/aromatic N) is 1. The van der Waals surface area contributed by atoms with Gasteiger partial charge in [-0.3, -0.25) is 9.59 Å². The van der Waals surface area contributed by atoms with E-state index >= 15 is 0 Å². The molecule has 0 heterocycles. The van der Waals surface area contributed by atoms with Crippen molar-refractivity contribution in [1.82, 2.24) is 10.2 Å². The number of methoxy groups -OCH3 is 1. The molecule has 1 atom stereocenters. The number of carbonyl (C=O) groups is 3. The third-order valence-corrected chi connectivity index (χ3v) is 3.44. The second kappa shape index (κ2) is 7.22. The molecule has 108 valence electrons. The van der Waals surface area contributed by atoms with Crippen molar-refractivity contribution in [2.45, 2.75) is 6.04 Å². The molecule has 1 aromatic rings. The molecule has 0 aliphatic carbocycles. The second-order valence-corrected chi connectivity index (χ2v) is 5.21. The van der Waals surface area contributed by atoms with Gasteiger partial charge in [-0.25, -0.2) is 4.79 Å². The summed E-state index contributed by atoms with van der Waals surface area (Å²) >= 11 is 2.12. The quantitative estimate of drug-likeness (QED) is 0.466. The average molecular weight is 390 g/mol. The Balaban J connectivity index is 3.02. The first-order valence-electron chi connectivity index (χ1n) is 5.74. The van der Waals surface area contributed by atoms with Crippen molar-refractivity contribution >= 4 is 40.4 Å². The topological polar surface area (TPSA) is 75.7 Å². The molecule has 0 bridgehead atoms. The highest BCUT2D eigenvalue weighted by Gasteiger charge is 2.34. The van der Waals surface area contributed by atoms with Crippen LogP contribution in [0.3, 0.4) is 0 Å². The van der Waals surface area contributed by atoms with Gasteiger partial charge in [-0.2, -0.15) is 0 Å². The van der Waals surface area contributed by atoms with Crippen LogP contribution in [0.4, 0.5) is 0 Å². The summed E-state index contributed by atoms with van der Waals surface area (Å²) in [6.07, 6.45) is 0. The molecule has 0 saturated carbocycles. The molecule has 0 aliphatic rings. The van der Waals surface area contributed by atoms with E-state index in [2.05, 4.69) is 32.6 Å². The predicted molar refractivity (Wildman–Crippen MR) is 81.1 cm³/mol. The van der Waals surface area contributed by atoms with Crippen molar-refractivity contribution in [3.8, 4) is 0 Å². The fourth-order valence-electron chi connectivity index (χ4n) is 1.60. The van der Waals surface area contributed by atoms with Crippen LogP contribution in [-0.4, -0.2) is 49.9 Å². The SMILES string of the molecule is CNC(=O)C(C(=O)OC)N(C)C(=O)c1ccc(I)cc1. The number of rotatable bonds is 4. The van der Waals surface area contributed by atoms with Crippen LogP contribution in [0.1, 0.15) is 10.4 Å². The van der Waals surface area contributed by atoms with E-state index in [0.29, 0.717) is 5.56 Å². The van der Waals surface area contributed by atoms with Crippen molar-refractivity contribution in [3.63, 3.8) is 0 Å². The zero-order valence-electron chi connectivity index (χ0n) is 11.3. The van der Waals surface area contributed by atoms with Crippen molar-refractivity contribution < 1.29 is 19.1 Å². The number of ether oxygens (including phenoxy) is 1. The molecular formula is C13H15IN2O4. The average Bonchev–Trinajstić information content (AvgIpc) is 2.46. The Morgan fingerprint density at radius 2 is 1.80 bits per heavy atom. The van der Waals surface area contributed by atoms with Gasteiger partial charge in [-0.05, 0) is 46.9 Å². The first kappa shape index (κ1) is 16.4. The number of hydrogen-bond donors (Lipinski definition) is 1. The van der Waals surface area contributed by atoms with Gasteiger partial charge < -0.3 is 15.0 Å². The number of hydrogen-bond acceptors (Lipinski definition) is 4. The molecule has 7 heteroatoms. The summed E-state index contributed by atoms with van der Waals surface area (Å²) in [5, 5.41) is 2.34. The van der Waals surface area contributed by atoms with Gasteiger partial charge in [0.15, 0.2) is 0 Å². The van der Waals surface area contributed by atoms with Crippen molar-refractivity contribution in [3.05, 3.63) is 33.4 Å². The molecule has 0 radical (unpaired) electrons. The summed E-state index contributed by atoms with van der Waals surface area (Å²) in [6.45, 7) is 0. The molecule has 0 spiro atoms. The zero-order valence-corrected chi connectivity index (χ0v) is 13.5. The van der Waals surface area contributed by atoms with Crippen LogP contribution in [-0.2, 0) is 14.3 Å². The van der Waals surface area contributed by atoms with Gasteiger partial charge in [0.05, 0.1) is 7.11 Å². The first-order chi connectivity index (χ1) is 9.42. The van der Waals surface area contributed by atoms with Crippen molar-refractivity contribution in [1.29, 1.82) is 0 Å². The zero-order chi connectivity index (χ0) is 15.3. The van der Waals surface area contributed by atoms with Gasteiger partial charge in [-0.1, -0.05) is 0 Å². The van der Waals surface area contributed by atoms with Gasteiger partial charge in [0.2, 0.25) is 6.04 Å². The van der Waals surface area contributed by atoms with Crippen LogP contribution in [0, 0.1) is 3.57 Å². The number of halogens is 1. The van der Waals surface area contributed by atoms with E-state index in [1.54, 1.807) is 24.3 Å². The minimum Gasteiger partial charge on any atom is -0.467 e. The molecule has 20 heavy (non-hydrogen) atoms. The third kappa shape index (κ3) is 3.69. The van der Waals surface area contributed by atoms with Crippen molar-refractivity contribution in [2.75, 3.05) is 21.2 Å². The molecule has 0 fully saturated rings. The summed E-state index contributed by atoms with van der Waals surface area (Å²) in [6, 6.07) is 5.51. The Bertz CT molecular complexity index is 500. The van der Waals surface area contributed by atoms with Crippen LogP contribution in [0.5, 0.6) is 0 Å². The van der Waals surface area contributed by atoms with Crippen molar-refractivity contribution in [2.24, 2.45) is 0 Å². The minimum absolute atomic E-state index is 0.394. The van der Waals surface area contributed by atoms with Crippen LogP contribution >= 0.6 is 22.6 Å². The lowest BCUT2D eigenvalue weighted by molar-refractivity contribution is -0.150. The van der Waals surface area contributed by atoms with E-state index in [0.717, 1.165) is 8.47 Å². The molecule has 1 unspecified atom stereocenters. The summed E-state index contributed by atoms with van der Waals surface area (Å²) < 4.78 is 5.55. The van der Waals surface area contributed by atoms with Gasteiger partial charge in [0.25, 0.3) is 11.8 Å². The lowest BCUT2D eigenvalue weighted by Crippen LogP contribution is -2.51. The molecule has 1 N–H and O–H groups in total. The summed E-state index contributed by atoms with van der Waals surface area (Å²) in [5.41, 5.74) is 0.394. The molecule has 6 nitrogen and oxygen atoms in total. The van der Waals surface area contributed by atoms with Gasteiger partial charge >= 0.3 is 5.97 Å². The monoisotopic (exact) mass is 390 g/mol. The fraction of sp³-hybridized carbons (Fsp3) is 0.308. The maximum absolute atomic E-state index is 12.3. The molecule has 1 aromatic carbocycles. The summed E-state index contributed by atoms with van der Waals surface area (Å²) in [4.78, 5) is 36.7. The maximum Gasteiger partial charge on any atom is 0.338 e. The minimum atomic E-state index is -1.31. The second-order valence-electron chi connectivity index (χ2n) is 3.96. The first-order valence-corrected chi connectivity index (χ1v) is 6.82. The number of benzene rings is 1. The van der Waals surface area contributed by atoms with Gasteiger partial charge in [0.1, 0.15) is 0 Å². The summed E-state index contributed by atoms with van der Waals surface area (Å²) in [5.74, 6) is -1.82. The molecule has 2 amide bonds. The van der Waals surface area contributed by atoms with E-state index in [4.69, 9.17) is 0 Å². The highest BCUT2D eigenvalue weighted by molar-refractivity contribution is 14.1. The van der Waals surface area contributed by atoms with Crippen LogP contribution in [0.25, 0.3) is 0 Å². The number of nitrogens with one attached hydrogen (secondary N) is 1. The molecule has 1 rings (SSSR count). The largest absolute Gasteiger partial charge is 0.467 e. The normalized spacial score (nSPS) is 11.4. The van der Waals surface area contributed by atoms with E-state index in [-0.39, 0.29) is 0 Å². The Kier molecular flexibility index (Phi) is 5.93. The Morgan fingerprint density at radius 3 is 2.25 bits per heavy atom. The molecule has 0 aliphatic heterocycles. The van der Waals surface area contributed by atoms with Gasteiger partial charge in [0, 0.05) is 23.2 Å². The number of carbonyl (C=O) groups excluding carboxylic acids is 3. The van der Waals surface area contributed by atoms with E-state index < -0.39 is 23.8 Å². The van der Waals surface area contributed by atoms with Crippen LogP contribution in [0.15, 0.2) is 24.3 Å². The predicted octanol–water partition coefficient (Wildman–Crippen LogP) is 0.651. The Labute approximate surface area is 130 Å². The van der Waals surface area contributed by atoms with Gasteiger partial charge in [-0.15, -0.1) is 0 Å². The highest BCUT2D eigenvalue weighted by atomic mass is 127. The fourth-order valence-corrected chi connectivity index (χ4v) is 1.96. The lowest BCUT2D eigenvalue weighted by Gasteiger charge is -2.24. The third-order valence-electron chi connectivity index (χ3n) is 2.72. The number of amides is 2. The maximum atomic E-state index is 12.3. The lowest BCUT2D eigenvalue weighted by atomic mass is 10.1. The highest BCUT2D eigenvalue weighted by Crippen LogP contribution is 2.11. The smallest absolute Gasteiger partial charge is 0.338 e. The van der Waals surface area contributed by atoms with E-state index in [1.165, 1.54) is 21.2 Å². The number of esters is 1. The summed E-state index contributed by atoms with van der Waals surface area (Å²) in [7, 11) is 3.94. The number of likely N-dealkylation sites (N-methyl/N-ethyl adjacent to an activating group) is 2. The molecule has 0 saturated heterocycles. The Morgan fingerprint density at radius 1 is 1.25 bits per heavy atom. The van der Waals surface area contributed by atoms with E-state index in [9.17, 15) is 14.4 Å². The Hall–Kier alpha value is -1.64. The van der Waals surface area contributed by atoms with E-state index in [1.807, 2.05) is 0 Å². The molecular weight excluding hydrogens is 375 g/mol. The van der Waals surface area contributed by atoms with Crippen LogP contribution < -0.4 is 5.32 Å².